The third-order valence-corrected chi connectivity index (χ3v) is 4.04. The number of halogens is 2. The van der Waals surface area contributed by atoms with E-state index >= 15 is 0 Å². The van der Waals surface area contributed by atoms with E-state index < -0.39 is 5.60 Å². The predicted octanol–water partition coefficient (Wildman–Crippen LogP) is 3.66. The number of carbonyl (C=O) groups is 1. The molecule has 0 radical (unpaired) electrons. The Morgan fingerprint density at radius 1 is 1.24 bits per heavy atom. The Balaban J connectivity index is 1.95. The summed E-state index contributed by atoms with van der Waals surface area (Å²) in [5.74, 6) is 0.905. The lowest BCUT2D eigenvalue weighted by Crippen LogP contribution is -2.50. The van der Waals surface area contributed by atoms with Crippen LogP contribution < -0.4 is 4.90 Å². The Morgan fingerprint density at radius 2 is 1.86 bits per heavy atom. The van der Waals surface area contributed by atoms with Gasteiger partial charge in [0, 0.05) is 36.8 Å². The minimum absolute atomic E-state index is 0.245. The molecule has 21 heavy (non-hydrogen) atoms. The maximum Gasteiger partial charge on any atom is 0.410 e. The van der Waals surface area contributed by atoms with Crippen LogP contribution in [0, 0.1) is 0 Å². The van der Waals surface area contributed by atoms with Crippen LogP contribution in [0.3, 0.4) is 0 Å². The molecule has 0 saturated carbocycles. The van der Waals surface area contributed by atoms with Gasteiger partial charge in [-0.25, -0.2) is 9.78 Å². The molecule has 0 atom stereocenters. The van der Waals surface area contributed by atoms with E-state index in [2.05, 4.69) is 41.7 Å². The van der Waals surface area contributed by atoms with Crippen molar-refractivity contribution in [2.24, 2.45) is 0 Å². The molecule has 0 aliphatic carbocycles. The molecule has 5 nitrogen and oxygen atoms in total. The number of piperazine rings is 1. The highest BCUT2D eigenvalue weighted by Crippen LogP contribution is 2.27. The molecule has 1 aliphatic rings. The van der Waals surface area contributed by atoms with Crippen molar-refractivity contribution in [3.05, 3.63) is 21.2 Å². The first-order valence-electron chi connectivity index (χ1n) is 6.80. The smallest absolute Gasteiger partial charge is 0.410 e. The highest BCUT2D eigenvalue weighted by molar-refractivity contribution is 9.11. The molecule has 1 aromatic rings. The third kappa shape index (κ3) is 4.57. The van der Waals surface area contributed by atoms with Gasteiger partial charge in [-0.1, -0.05) is 0 Å². The zero-order chi connectivity index (χ0) is 15.6. The summed E-state index contributed by atoms with van der Waals surface area (Å²) in [5.41, 5.74) is -0.454. The Labute approximate surface area is 141 Å². The van der Waals surface area contributed by atoms with E-state index in [0.29, 0.717) is 13.1 Å². The van der Waals surface area contributed by atoms with Crippen LogP contribution >= 0.6 is 31.9 Å². The van der Waals surface area contributed by atoms with Crippen molar-refractivity contribution in [1.82, 2.24) is 9.88 Å². The van der Waals surface area contributed by atoms with Crippen LogP contribution in [-0.4, -0.2) is 47.8 Å². The van der Waals surface area contributed by atoms with E-state index in [9.17, 15) is 4.79 Å². The Kier molecular flexibility index (Phi) is 5.14. The molecule has 1 fully saturated rings. The van der Waals surface area contributed by atoms with Gasteiger partial charge in [0.25, 0.3) is 0 Å². The first-order valence-corrected chi connectivity index (χ1v) is 8.39. The molecule has 0 bridgehead atoms. The van der Waals surface area contributed by atoms with Crippen LogP contribution in [0.15, 0.2) is 21.2 Å². The number of nitrogens with zero attached hydrogens (tertiary/aromatic N) is 3. The SMILES string of the molecule is CC(C)(C)OC(=O)N1CCN(c2ncc(Br)cc2Br)CC1. The quantitative estimate of drug-likeness (QED) is 0.695. The fraction of sp³-hybridized carbons (Fsp3) is 0.571. The van der Waals surface area contributed by atoms with Crippen molar-refractivity contribution in [3.63, 3.8) is 0 Å². The molecule has 116 valence electrons. The summed E-state index contributed by atoms with van der Waals surface area (Å²) in [5, 5.41) is 0. The number of aromatic nitrogens is 1. The summed E-state index contributed by atoms with van der Waals surface area (Å²) in [6.07, 6.45) is 1.53. The van der Waals surface area contributed by atoms with Crippen LogP contribution in [0.1, 0.15) is 20.8 Å². The monoisotopic (exact) mass is 419 g/mol. The summed E-state index contributed by atoms with van der Waals surface area (Å²) in [6, 6.07) is 1.97. The van der Waals surface area contributed by atoms with Gasteiger partial charge >= 0.3 is 6.09 Å². The van der Waals surface area contributed by atoms with E-state index in [1.807, 2.05) is 26.8 Å². The van der Waals surface area contributed by atoms with Crippen molar-refractivity contribution in [2.75, 3.05) is 31.1 Å². The number of rotatable bonds is 1. The van der Waals surface area contributed by atoms with Crippen molar-refractivity contribution in [3.8, 4) is 0 Å². The van der Waals surface area contributed by atoms with Gasteiger partial charge in [-0.3, -0.25) is 0 Å². The fourth-order valence-corrected chi connectivity index (χ4v) is 3.31. The Morgan fingerprint density at radius 3 is 2.38 bits per heavy atom. The van der Waals surface area contributed by atoms with Crippen LogP contribution in [0.2, 0.25) is 0 Å². The van der Waals surface area contributed by atoms with Gasteiger partial charge in [0.15, 0.2) is 0 Å². The summed E-state index contributed by atoms with van der Waals surface area (Å²) in [4.78, 5) is 20.4. The minimum atomic E-state index is -0.454. The van der Waals surface area contributed by atoms with Crippen LogP contribution in [-0.2, 0) is 4.74 Å². The first kappa shape index (κ1) is 16.5. The molecule has 1 aromatic heterocycles. The van der Waals surface area contributed by atoms with E-state index in [-0.39, 0.29) is 6.09 Å². The summed E-state index contributed by atoms with van der Waals surface area (Å²) in [6.45, 7) is 8.40. The van der Waals surface area contributed by atoms with E-state index in [1.54, 1.807) is 11.1 Å². The van der Waals surface area contributed by atoms with Gasteiger partial charge in [-0.05, 0) is 58.7 Å². The number of carbonyl (C=O) groups excluding carboxylic acids is 1. The minimum Gasteiger partial charge on any atom is -0.444 e. The van der Waals surface area contributed by atoms with E-state index in [0.717, 1.165) is 27.9 Å². The number of anilines is 1. The predicted molar refractivity (Wildman–Crippen MR) is 89.7 cm³/mol. The highest BCUT2D eigenvalue weighted by Gasteiger charge is 2.26. The Hall–Kier alpha value is -0.820. The maximum absolute atomic E-state index is 12.0. The second-order valence-electron chi connectivity index (χ2n) is 5.91. The first-order chi connectivity index (χ1) is 9.76. The highest BCUT2D eigenvalue weighted by atomic mass is 79.9. The zero-order valence-electron chi connectivity index (χ0n) is 12.4. The maximum atomic E-state index is 12.0. The van der Waals surface area contributed by atoms with Crippen molar-refractivity contribution >= 4 is 43.8 Å². The van der Waals surface area contributed by atoms with Crippen molar-refractivity contribution in [1.29, 1.82) is 0 Å². The topological polar surface area (TPSA) is 45.7 Å². The summed E-state index contributed by atoms with van der Waals surface area (Å²) >= 11 is 6.92. The Bertz CT molecular complexity index is 523. The molecule has 0 unspecified atom stereocenters. The van der Waals surface area contributed by atoms with Crippen LogP contribution in [0.5, 0.6) is 0 Å². The van der Waals surface area contributed by atoms with Crippen molar-refractivity contribution < 1.29 is 9.53 Å². The van der Waals surface area contributed by atoms with E-state index in [1.165, 1.54) is 0 Å². The molecule has 1 saturated heterocycles. The lowest BCUT2D eigenvalue weighted by molar-refractivity contribution is 0.0240. The molecular formula is C14H19Br2N3O2. The third-order valence-electron chi connectivity index (χ3n) is 3.02. The molecule has 2 heterocycles. The number of pyridine rings is 1. The average molecular weight is 421 g/mol. The number of amides is 1. The van der Waals surface area contributed by atoms with Gasteiger partial charge in [-0.15, -0.1) is 0 Å². The number of hydrogen-bond donors (Lipinski definition) is 0. The summed E-state index contributed by atoms with van der Waals surface area (Å²) < 4.78 is 7.28. The molecular weight excluding hydrogens is 402 g/mol. The van der Waals surface area contributed by atoms with Gasteiger partial charge in [0.2, 0.25) is 0 Å². The second kappa shape index (κ2) is 6.52. The molecule has 7 heteroatoms. The van der Waals surface area contributed by atoms with Crippen LogP contribution in [0.25, 0.3) is 0 Å². The van der Waals surface area contributed by atoms with Gasteiger partial charge in [-0.2, -0.15) is 0 Å². The zero-order valence-corrected chi connectivity index (χ0v) is 15.6. The molecule has 1 aliphatic heterocycles. The van der Waals surface area contributed by atoms with E-state index in [4.69, 9.17) is 4.74 Å². The largest absolute Gasteiger partial charge is 0.444 e. The molecule has 0 spiro atoms. The second-order valence-corrected chi connectivity index (χ2v) is 7.68. The number of ether oxygens (including phenoxy) is 1. The fourth-order valence-electron chi connectivity index (χ4n) is 2.07. The van der Waals surface area contributed by atoms with Crippen LogP contribution in [0.4, 0.5) is 10.6 Å². The average Bonchev–Trinajstić information content (AvgIpc) is 2.37. The molecule has 1 amide bonds. The molecule has 2 rings (SSSR count). The van der Waals surface area contributed by atoms with Gasteiger partial charge in [0.1, 0.15) is 11.4 Å². The molecule has 0 aromatic carbocycles. The van der Waals surface area contributed by atoms with Gasteiger partial charge < -0.3 is 14.5 Å². The summed E-state index contributed by atoms with van der Waals surface area (Å²) in [7, 11) is 0. The number of hydrogen-bond acceptors (Lipinski definition) is 4. The molecule has 0 N–H and O–H groups in total. The lowest BCUT2D eigenvalue weighted by Gasteiger charge is -2.36. The van der Waals surface area contributed by atoms with Crippen molar-refractivity contribution in [2.45, 2.75) is 26.4 Å². The standard InChI is InChI=1S/C14H19Br2N3O2/c1-14(2,3)21-13(20)19-6-4-18(5-7-19)12-11(16)8-10(15)9-17-12/h8-9H,4-7H2,1-3H3. The lowest BCUT2D eigenvalue weighted by atomic mass is 10.2. The normalized spacial score (nSPS) is 16.0. The van der Waals surface area contributed by atoms with Gasteiger partial charge in [0.05, 0.1) is 4.47 Å².